The van der Waals surface area contributed by atoms with Gasteiger partial charge in [0.15, 0.2) is 0 Å². The zero-order valence-corrected chi connectivity index (χ0v) is 8.81. The molecular weight excluding hydrogens is 212 g/mol. The Kier molecular flexibility index (Phi) is 2.63. The van der Waals surface area contributed by atoms with E-state index < -0.39 is 5.91 Å². The Morgan fingerprint density at radius 3 is 2.88 bits per heavy atom. The Morgan fingerprint density at radius 2 is 2.31 bits per heavy atom. The first-order chi connectivity index (χ1) is 7.68. The lowest BCUT2D eigenvalue weighted by Gasteiger charge is -2.00. The number of aromatic nitrogens is 5. The van der Waals surface area contributed by atoms with Gasteiger partial charge in [-0.2, -0.15) is 5.21 Å². The minimum atomic E-state index is -0.395. The largest absolute Gasteiger partial charge is 0.361 e. The number of nitrogens with zero attached hydrogens (tertiary/aromatic N) is 4. The van der Waals surface area contributed by atoms with Gasteiger partial charge in [-0.25, -0.2) is 0 Å². The molecule has 2 aromatic heterocycles. The molecule has 0 saturated heterocycles. The number of rotatable bonds is 3. The Labute approximate surface area is 90.4 Å². The second-order valence-electron chi connectivity index (χ2n) is 3.22. The van der Waals surface area contributed by atoms with E-state index in [9.17, 15) is 4.79 Å². The monoisotopic (exact) mass is 222 g/mol. The third-order valence-electron chi connectivity index (χ3n) is 2.16. The number of amides is 1. The van der Waals surface area contributed by atoms with Crippen LogP contribution in [0.5, 0.6) is 0 Å². The highest BCUT2D eigenvalue weighted by Crippen LogP contribution is 2.11. The van der Waals surface area contributed by atoms with Crippen LogP contribution in [-0.2, 0) is 6.54 Å². The molecule has 0 aromatic carbocycles. The van der Waals surface area contributed by atoms with E-state index >= 15 is 0 Å². The van der Waals surface area contributed by atoms with E-state index in [1.807, 2.05) is 6.92 Å². The number of nitrogens with one attached hydrogen (secondary N) is 2. The van der Waals surface area contributed by atoms with Crippen LogP contribution in [-0.4, -0.2) is 31.7 Å². The van der Waals surface area contributed by atoms with Crippen molar-refractivity contribution in [2.45, 2.75) is 20.4 Å². The second-order valence-corrected chi connectivity index (χ2v) is 3.22. The summed E-state index contributed by atoms with van der Waals surface area (Å²) >= 11 is 0. The maximum Gasteiger partial charge on any atom is 0.293 e. The van der Waals surface area contributed by atoms with Crippen molar-refractivity contribution >= 4 is 5.91 Å². The molecule has 0 atom stereocenters. The standard InChI is InChI=1S/C8H10N6O2/c1-4-6(5(2)16-12-4)3-9-8(15)7-10-13-14-11-7/h3H2,1-2H3,(H,9,15)(H,10,11,13,14). The number of hydrogen-bond donors (Lipinski definition) is 2. The van der Waals surface area contributed by atoms with E-state index in [4.69, 9.17) is 4.52 Å². The highest BCUT2D eigenvalue weighted by molar-refractivity contribution is 5.89. The number of aryl methyl sites for hydroxylation is 2. The van der Waals surface area contributed by atoms with Gasteiger partial charge in [0, 0.05) is 12.1 Å². The third-order valence-corrected chi connectivity index (χ3v) is 2.16. The number of aromatic amines is 1. The van der Waals surface area contributed by atoms with E-state index in [1.54, 1.807) is 6.92 Å². The fourth-order valence-electron chi connectivity index (χ4n) is 1.26. The van der Waals surface area contributed by atoms with E-state index in [2.05, 4.69) is 31.1 Å². The minimum Gasteiger partial charge on any atom is -0.361 e. The van der Waals surface area contributed by atoms with Crippen LogP contribution >= 0.6 is 0 Å². The summed E-state index contributed by atoms with van der Waals surface area (Å²) < 4.78 is 4.97. The van der Waals surface area contributed by atoms with Crippen molar-refractivity contribution in [2.75, 3.05) is 0 Å². The molecule has 0 aliphatic heterocycles. The number of tetrazole rings is 1. The van der Waals surface area contributed by atoms with Gasteiger partial charge in [-0.1, -0.05) is 5.16 Å². The molecule has 0 aliphatic rings. The molecule has 0 spiro atoms. The first-order valence-electron chi connectivity index (χ1n) is 4.62. The molecule has 0 radical (unpaired) electrons. The normalized spacial score (nSPS) is 10.4. The summed E-state index contributed by atoms with van der Waals surface area (Å²) in [7, 11) is 0. The van der Waals surface area contributed by atoms with Crippen LogP contribution in [0, 0.1) is 13.8 Å². The summed E-state index contributed by atoms with van der Waals surface area (Å²) in [5.74, 6) is 0.298. The SMILES string of the molecule is Cc1noc(C)c1CNC(=O)c1nn[nH]n1. The molecule has 0 unspecified atom stereocenters. The lowest BCUT2D eigenvalue weighted by molar-refractivity contribution is 0.0940. The van der Waals surface area contributed by atoms with Gasteiger partial charge in [0.1, 0.15) is 5.76 Å². The van der Waals surface area contributed by atoms with Crippen molar-refractivity contribution in [3.05, 3.63) is 22.8 Å². The first kappa shape index (κ1) is 10.3. The summed E-state index contributed by atoms with van der Waals surface area (Å²) in [4.78, 5) is 11.5. The van der Waals surface area contributed by atoms with Crippen LogP contribution in [0.4, 0.5) is 0 Å². The molecule has 1 amide bonds. The van der Waals surface area contributed by atoms with Crippen molar-refractivity contribution in [1.29, 1.82) is 0 Å². The zero-order chi connectivity index (χ0) is 11.5. The van der Waals surface area contributed by atoms with Crippen LogP contribution in [0.3, 0.4) is 0 Å². The van der Waals surface area contributed by atoms with Crippen LogP contribution in [0.25, 0.3) is 0 Å². The van der Waals surface area contributed by atoms with Crippen molar-refractivity contribution in [3.8, 4) is 0 Å². The maximum absolute atomic E-state index is 11.5. The minimum absolute atomic E-state index is 0.00626. The quantitative estimate of drug-likeness (QED) is 0.740. The molecule has 2 aromatic rings. The third kappa shape index (κ3) is 1.90. The molecule has 0 bridgehead atoms. The molecule has 8 nitrogen and oxygen atoms in total. The average molecular weight is 222 g/mol. The van der Waals surface area contributed by atoms with Gasteiger partial charge in [0.25, 0.3) is 11.7 Å². The van der Waals surface area contributed by atoms with Crippen molar-refractivity contribution in [2.24, 2.45) is 0 Å². The zero-order valence-electron chi connectivity index (χ0n) is 8.81. The fraction of sp³-hybridized carbons (Fsp3) is 0.375. The predicted molar refractivity (Wildman–Crippen MR) is 51.3 cm³/mol. The summed E-state index contributed by atoms with van der Waals surface area (Å²) in [6, 6.07) is 0. The maximum atomic E-state index is 11.5. The van der Waals surface area contributed by atoms with Gasteiger partial charge in [-0.15, -0.1) is 10.2 Å². The molecule has 16 heavy (non-hydrogen) atoms. The molecule has 2 rings (SSSR count). The molecule has 0 fully saturated rings. The Morgan fingerprint density at radius 1 is 1.50 bits per heavy atom. The molecule has 84 valence electrons. The van der Waals surface area contributed by atoms with Gasteiger partial charge in [0.2, 0.25) is 0 Å². The van der Waals surface area contributed by atoms with Crippen LogP contribution in [0.2, 0.25) is 0 Å². The van der Waals surface area contributed by atoms with Crippen molar-refractivity contribution < 1.29 is 9.32 Å². The number of H-pyrrole nitrogens is 1. The van der Waals surface area contributed by atoms with Gasteiger partial charge in [-0.3, -0.25) is 4.79 Å². The molecular formula is C8H10N6O2. The van der Waals surface area contributed by atoms with Crippen molar-refractivity contribution in [3.63, 3.8) is 0 Å². The number of hydrogen-bond acceptors (Lipinski definition) is 6. The summed E-state index contributed by atoms with van der Waals surface area (Å²) in [6.07, 6.45) is 0. The summed E-state index contributed by atoms with van der Waals surface area (Å²) in [6.45, 7) is 3.93. The fourth-order valence-corrected chi connectivity index (χ4v) is 1.26. The van der Waals surface area contributed by atoms with Gasteiger partial charge < -0.3 is 9.84 Å². The Hall–Kier alpha value is -2.25. The van der Waals surface area contributed by atoms with Gasteiger partial charge in [0.05, 0.1) is 5.69 Å². The molecule has 2 N–H and O–H groups in total. The van der Waals surface area contributed by atoms with Crippen LogP contribution in [0.1, 0.15) is 27.6 Å². The summed E-state index contributed by atoms with van der Waals surface area (Å²) in [5, 5.41) is 19.1. The smallest absolute Gasteiger partial charge is 0.293 e. The van der Waals surface area contributed by atoms with Crippen molar-refractivity contribution in [1.82, 2.24) is 31.1 Å². The predicted octanol–water partition coefficient (Wildman–Crippen LogP) is -0.265. The molecule has 0 saturated carbocycles. The molecule has 2 heterocycles. The molecule has 8 heteroatoms. The lowest BCUT2D eigenvalue weighted by atomic mass is 10.2. The highest BCUT2D eigenvalue weighted by Gasteiger charge is 2.13. The Balaban J connectivity index is 2.01. The highest BCUT2D eigenvalue weighted by atomic mass is 16.5. The van der Waals surface area contributed by atoms with Gasteiger partial charge in [-0.05, 0) is 19.1 Å². The topological polar surface area (TPSA) is 110 Å². The van der Waals surface area contributed by atoms with E-state index in [1.165, 1.54) is 0 Å². The second kappa shape index (κ2) is 4.09. The summed E-state index contributed by atoms with van der Waals surface area (Å²) in [5.41, 5.74) is 1.61. The number of carbonyl (C=O) groups excluding carboxylic acids is 1. The van der Waals surface area contributed by atoms with Gasteiger partial charge >= 0.3 is 0 Å². The first-order valence-corrected chi connectivity index (χ1v) is 4.62. The van der Waals surface area contributed by atoms with E-state index in [0.717, 1.165) is 11.3 Å². The average Bonchev–Trinajstić information content (AvgIpc) is 2.87. The number of carbonyl (C=O) groups is 1. The molecule has 0 aliphatic carbocycles. The van der Waals surface area contributed by atoms with Crippen LogP contribution < -0.4 is 5.32 Å². The van der Waals surface area contributed by atoms with E-state index in [-0.39, 0.29) is 5.82 Å². The Bertz CT molecular complexity index is 469. The van der Waals surface area contributed by atoms with E-state index in [0.29, 0.717) is 12.3 Å². The van der Waals surface area contributed by atoms with Crippen LogP contribution in [0.15, 0.2) is 4.52 Å². The lowest BCUT2D eigenvalue weighted by Crippen LogP contribution is -2.24.